The lowest BCUT2D eigenvalue weighted by Crippen LogP contribution is -2.49. The van der Waals surface area contributed by atoms with Gasteiger partial charge in [0.15, 0.2) is 0 Å². The number of alkyl carbamates (subject to hydrolysis) is 1. The molecule has 1 atom stereocenters. The highest BCUT2D eigenvalue weighted by Gasteiger charge is 2.35. The third kappa shape index (κ3) is 5.41. The maximum absolute atomic E-state index is 13.2. The Morgan fingerprint density at radius 3 is 2.61 bits per heavy atom. The number of nitrogens with zero attached hydrogens (tertiary/aromatic N) is 2. The van der Waals surface area contributed by atoms with Crippen LogP contribution >= 0.6 is 0 Å². The molecule has 2 rings (SSSR count). The molecule has 0 aliphatic carbocycles. The average molecular weight is 413 g/mol. The van der Waals surface area contributed by atoms with Gasteiger partial charge in [-0.1, -0.05) is 6.42 Å². The fourth-order valence-corrected chi connectivity index (χ4v) is 5.07. The van der Waals surface area contributed by atoms with Gasteiger partial charge in [0.2, 0.25) is 10.0 Å². The van der Waals surface area contributed by atoms with Crippen LogP contribution in [-0.2, 0) is 14.8 Å². The number of carbonyl (C=O) groups is 1. The van der Waals surface area contributed by atoms with Crippen molar-refractivity contribution in [3.05, 3.63) is 33.9 Å². The fourth-order valence-electron chi connectivity index (χ4n) is 3.17. The number of amides is 1. The molecule has 1 saturated heterocycles. The number of piperidine rings is 1. The molecule has 0 radical (unpaired) electrons. The number of sulfonamides is 1. The van der Waals surface area contributed by atoms with Crippen molar-refractivity contribution in [3.63, 3.8) is 0 Å². The molecule has 1 aromatic rings. The number of rotatable bonds is 5. The van der Waals surface area contributed by atoms with E-state index in [1.807, 2.05) is 0 Å². The number of carbonyl (C=O) groups excluding carboxylic acids is 1. The van der Waals surface area contributed by atoms with Crippen LogP contribution in [0.2, 0.25) is 0 Å². The topological polar surface area (TPSA) is 119 Å². The minimum Gasteiger partial charge on any atom is -0.444 e. The van der Waals surface area contributed by atoms with Gasteiger partial charge in [-0.15, -0.1) is 0 Å². The van der Waals surface area contributed by atoms with Gasteiger partial charge in [-0.25, -0.2) is 13.2 Å². The molecule has 28 heavy (non-hydrogen) atoms. The Morgan fingerprint density at radius 1 is 1.36 bits per heavy atom. The van der Waals surface area contributed by atoms with Crippen molar-refractivity contribution in [3.8, 4) is 0 Å². The SMILES string of the molecule is Cc1cc([N+](=O)[O-])ccc1S(=O)(=O)N1CCCCC1CNC(=O)OC(C)(C)C. The highest BCUT2D eigenvalue weighted by Crippen LogP contribution is 2.29. The second-order valence-electron chi connectivity index (χ2n) is 7.86. The van der Waals surface area contributed by atoms with Gasteiger partial charge < -0.3 is 10.1 Å². The van der Waals surface area contributed by atoms with E-state index in [2.05, 4.69) is 5.32 Å². The molecule has 1 amide bonds. The Hall–Kier alpha value is -2.20. The highest BCUT2D eigenvalue weighted by atomic mass is 32.2. The van der Waals surface area contributed by atoms with Crippen LogP contribution in [0.25, 0.3) is 0 Å². The van der Waals surface area contributed by atoms with Gasteiger partial charge in [0.1, 0.15) is 5.60 Å². The number of nitrogens with one attached hydrogen (secondary N) is 1. The van der Waals surface area contributed by atoms with Crippen LogP contribution < -0.4 is 5.32 Å². The molecular formula is C18H27N3O6S. The number of hydrogen-bond acceptors (Lipinski definition) is 6. The predicted octanol–water partition coefficient (Wildman–Crippen LogP) is 2.97. The van der Waals surface area contributed by atoms with Crippen LogP contribution in [0.3, 0.4) is 0 Å². The summed E-state index contributed by atoms with van der Waals surface area (Å²) in [6.07, 6.45) is 1.59. The molecule has 10 heteroatoms. The van der Waals surface area contributed by atoms with Crippen molar-refractivity contribution in [1.29, 1.82) is 0 Å². The van der Waals surface area contributed by atoms with Gasteiger partial charge in [-0.3, -0.25) is 10.1 Å². The van der Waals surface area contributed by atoms with Gasteiger partial charge in [-0.05, 0) is 52.2 Å². The third-order valence-electron chi connectivity index (χ3n) is 4.41. The smallest absolute Gasteiger partial charge is 0.407 e. The first-order valence-electron chi connectivity index (χ1n) is 9.15. The second-order valence-corrected chi connectivity index (χ2v) is 9.71. The van der Waals surface area contributed by atoms with Crippen LogP contribution in [0.4, 0.5) is 10.5 Å². The first-order valence-corrected chi connectivity index (χ1v) is 10.6. The van der Waals surface area contributed by atoms with Gasteiger partial charge in [-0.2, -0.15) is 4.31 Å². The van der Waals surface area contributed by atoms with Crippen molar-refractivity contribution < 1.29 is 22.9 Å². The maximum atomic E-state index is 13.2. The molecule has 0 aromatic heterocycles. The van der Waals surface area contributed by atoms with E-state index in [9.17, 15) is 23.3 Å². The summed E-state index contributed by atoms with van der Waals surface area (Å²) in [5.74, 6) is 0. The lowest BCUT2D eigenvalue weighted by Gasteiger charge is -2.35. The van der Waals surface area contributed by atoms with Gasteiger partial charge in [0, 0.05) is 31.3 Å². The first kappa shape index (κ1) is 22.1. The van der Waals surface area contributed by atoms with E-state index in [1.54, 1.807) is 20.8 Å². The molecule has 1 aliphatic heterocycles. The minimum absolute atomic E-state index is 0.0438. The largest absolute Gasteiger partial charge is 0.444 e. The lowest BCUT2D eigenvalue weighted by molar-refractivity contribution is -0.385. The average Bonchev–Trinajstić information content (AvgIpc) is 2.58. The standard InChI is InChI=1S/C18H27N3O6S/c1-13-11-14(21(23)24)8-9-16(13)28(25,26)20-10-6-5-7-15(20)12-19-17(22)27-18(2,3)4/h8-9,11,15H,5-7,10,12H2,1-4H3,(H,19,22). The summed E-state index contributed by atoms with van der Waals surface area (Å²) in [5.41, 5.74) is -0.477. The van der Waals surface area contributed by atoms with Crippen molar-refractivity contribution in [2.45, 2.75) is 63.5 Å². The molecule has 0 saturated carbocycles. The number of nitro groups is 1. The Bertz CT molecular complexity index is 847. The van der Waals surface area contributed by atoms with Crippen LogP contribution in [0, 0.1) is 17.0 Å². The first-order chi connectivity index (χ1) is 12.9. The van der Waals surface area contributed by atoms with E-state index in [4.69, 9.17) is 4.74 Å². The zero-order chi connectivity index (χ0) is 21.1. The molecule has 1 fully saturated rings. The number of aryl methyl sites for hydroxylation is 1. The molecule has 0 spiro atoms. The summed E-state index contributed by atoms with van der Waals surface area (Å²) < 4.78 is 33.0. The Kier molecular flexibility index (Phi) is 6.66. The van der Waals surface area contributed by atoms with Crippen LogP contribution in [-0.4, -0.2) is 48.5 Å². The normalized spacial score (nSPS) is 18.5. The zero-order valence-electron chi connectivity index (χ0n) is 16.6. The molecule has 1 unspecified atom stereocenters. The molecule has 9 nitrogen and oxygen atoms in total. The predicted molar refractivity (Wildman–Crippen MR) is 104 cm³/mol. The van der Waals surface area contributed by atoms with E-state index in [0.29, 0.717) is 24.9 Å². The van der Waals surface area contributed by atoms with Crippen molar-refractivity contribution in [2.24, 2.45) is 0 Å². The van der Waals surface area contributed by atoms with E-state index in [1.165, 1.54) is 29.4 Å². The summed E-state index contributed by atoms with van der Waals surface area (Å²) in [6, 6.07) is 3.32. The molecule has 1 N–H and O–H groups in total. The third-order valence-corrected chi connectivity index (χ3v) is 6.52. The number of hydrogen-bond donors (Lipinski definition) is 1. The maximum Gasteiger partial charge on any atom is 0.407 e. The Balaban J connectivity index is 2.20. The molecular weight excluding hydrogens is 386 g/mol. The summed E-state index contributed by atoms with van der Waals surface area (Å²) >= 11 is 0. The summed E-state index contributed by atoms with van der Waals surface area (Å²) in [4.78, 5) is 22.3. The second kappa shape index (κ2) is 8.44. The van der Waals surface area contributed by atoms with Gasteiger partial charge in [0.05, 0.1) is 9.82 Å². The summed E-state index contributed by atoms with van der Waals surface area (Å²) in [5, 5.41) is 13.6. The van der Waals surface area contributed by atoms with Gasteiger partial charge >= 0.3 is 6.09 Å². The van der Waals surface area contributed by atoms with Crippen molar-refractivity contribution in [1.82, 2.24) is 9.62 Å². The van der Waals surface area contributed by atoms with Crippen LogP contribution in [0.15, 0.2) is 23.1 Å². The van der Waals surface area contributed by atoms with Crippen molar-refractivity contribution >= 4 is 21.8 Å². The van der Waals surface area contributed by atoms with Gasteiger partial charge in [0.25, 0.3) is 5.69 Å². The number of non-ortho nitro benzene ring substituents is 1. The minimum atomic E-state index is -3.85. The molecule has 1 heterocycles. The van der Waals surface area contributed by atoms with E-state index < -0.39 is 32.7 Å². The molecule has 1 aliphatic rings. The molecule has 156 valence electrons. The quantitative estimate of drug-likeness (QED) is 0.585. The highest BCUT2D eigenvalue weighted by molar-refractivity contribution is 7.89. The van der Waals surface area contributed by atoms with E-state index in [0.717, 1.165) is 6.42 Å². The lowest BCUT2D eigenvalue weighted by atomic mass is 10.1. The number of benzene rings is 1. The summed E-state index contributed by atoms with van der Waals surface area (Å²) in [7, 11) is -3.85. The monoisotopic (exact) mass is 413 g/mol. The van der Waals surface area contributed by atoms with Crippen LogP contribution in [0.1, 0.15) is 45.6 Å². The number of ether oxygens (including phenoxy) is 1. The Morgan fingerprint density at radius 2 is 2.04 bits per heavy atom. The van der Waals surface area contributed by atoms with Crippen LogP contribution in [0.5, 0.6) is 0 Å². The molecule has 0 bridgehead atoms. The zero-order valence-corrected chi connectivity index (χ0v) is 17.4. The number of nitro benzene ring substituents is 1. The molecule has 1 aromatic carbocycles. The summed E-state index contributed by atoms with van der Waals surface area (Å²) in [6.45, 7) is 7.27. The van der Waals surface area contributed by atoms with E-state index in [-0.39, 0.29) is 17.1 Å². The van der Waals surface area contributed by atoms with Crippen molar-refractivity contribution in [2.75, 3.05) is 13.1 Å². The fraction of sp³-hybridized carbons (Fsp3) is 0.611. The Labute approximate surface area is 165 Å². The van der Waals surface area contributed by atoms with E-state index >= 15 is 0 Å².